The number of thiophene rings is 1. The molecule has 2 aromatic carbocycles. The summed E-state index contributed by atoms with van der Waals surface area (Å²) in [5.41, 5.74) is 2.39. The third-order valence-electron chi connectivity index (χ3n) is 5.11. The van der Waals surface area contributed by atoms with Gasteiger partial charge >= 0.3 is 0 Å². The summed E-state index contributed by atoms with van der Waals surface area (Å²) < 4.78 is 38.5. The highest BCUT2D eigenvalue weighted by molar-refractivity contribution is 7.94. The zero-order valence-corrected chi connectivity index (χ0v) is 18.8. The smallest absolute Gasteiger partial charge is 0.273 e. The molecule has 0 radical (unpaired) electrons. The van der Waals surface area contributed by atoms with Crippen molar-refractivity contribution in [3.8, 4) is 11.5 Å². The number of nitrogens with zero attached hydrogens (tertiary/aromatic N) is 1. The predicted molar refractivity (Wildman–Crippen MR) is 121 cm³/mol. The van der Waals surface area contributed by atoms with E-state index in [4.69, 9.17) is 9.47 Å². The highest BCUT2D eigenvalue weighted by Gasteiger charge is 2.30. The Labute approximate surface area is 185 Å². The lowest BCUT2D eigenvalue weighted by molar-refractivity contribution is 0.102. The summed E-state index contributed by atoms with van der Waals surface area (Å²) in [5, 5.41) is 4.63. The van der Waals surface area contributed by atoms with Gasteiger partial charge in [0.15, 0.2) is 0 Å². The lowest BCUT2D eigenvalue weighted by atomic mass is 10.0. The minimum atomic E-state index is -3.60. The molecule has 1 aromatic heterocycles. The maximum absolute atomic E-state index is 13.0. The highest BCUT2D eigenvalue weighted by atomic mass is 32.2. The molecule has 0 saturated heterocycles. The number of hydrogen-bond acceptors (Lipinski definition) is 6. The fourth-order valence-corrected chi connectivity index (χ4v) is 6.32. The number of aryl methyl sites for hydroxylation is 1. The van der Waals surface area contributed by atoms with E-state index in [0.29, 0.717) is 45.6 Å². The fraction of sp³-hybridized carbons (Fsp3) is 0.227. The summed E-state index contributed by atoms with van der Waals surface area (Å²) in [6.07, 6.45) is 1.43. The van der Waals surface area contributed by atoms with Crippen LogP contribution in [0.25, 0.3) is 0 Å². The van der Waals surface area contributed by atoms with Crippen molar-refractivity contribution in [3.05, 3.63) is 65.0 Å². The number of rotatable bonds is 6. The van der Waals surface area contributed by atoms with Gasteiger partial charge in [0, 0.05) is 12.2 Å². The molecular formula is C22H22N2O5S2. The van der Waals surface area contributed by atoms with Gasteiger partial charge in [0.05, 0.1) is 19.9 Å². The Morgan fingerprint density at radius 1 is 1.06 bits per heavy atom. The van der Waals surface area contributed by atoms with E-state index >= 15 is 0 Å². The van der Waals surface area contributed by atoms with Crippen molar-refractivity contribution in [3.63, 3.8) is 0 Å². The SMILES string of the molecule is COc1cccc(OC)c1C(=O)Nc1ccc2c(c1)CCCN2S(=O)(=O)c1cccs1. The lowest BCUT2D eigenvalue weighted by Crippen LogP contribution is -2.35. The molecule has 1 aliphatic rings. The highest BCUT2D eigenvalue weighted by Crippen LogP contribution is 2.35. The van der Waals surface area contributed by atoms with Gasteiger partial charge < -0.3 is 14.8 Å². The third kappa shape index (κ3) is 3.98. The van der Waals surface area contributed by atoms with Crippen LogP contribution in [-0.2, 0) is 16.4 Å². The van der Waals surface area contributed by atoms with E-state index < -0.39 is 10.0 Å². The van der Waals surface area contributed by atoms with E-state index in [2.05, 4.69) is 5.32 Å². The second kappa shape index (κ2) is 8.60. The van der Waals surface area contributed by atoms with Gasteiger partial charge in [-0.1, -0.05) is 12.1 Å². The van der Waals surface area contributed by atoms with E-state index in [9.17, 15) is 13.2 Å². The molecule has 1 N–H and O–H groups in total. The number of anilines is 2. The molecule has 162 valence electrons. The topological polar surface area (TPSA) is 84.9 Å². The van der Waals surface area contributed by atoms with Crippen LogP contribution in [0.3, 0.4) is 0 Å². The Bertz CT molecular complexity index is 1180. The zero-order chi connectivity index (χ0) is 22.0. The number of fused-ring (bicyclic) bond motifs is 1. The van der Waals surface area contributed by atoms with Crippen molar-refractivity contribution in [2.75, 3.05) is 30.4 Å². The van der Waals surface area contributed by atoms with Crippen LogP contribution in [0.15, 0.2) is 58.1 Å². The van der Waals surface area contributed by atoms with Crippen LogP contribution in [-0.4, -0.2) is 35.1 Å². The maximum Gasteiger partial charge on any atom is 0.273 e. The fourth-order valence-electron chi connectivity index (χ4n) is 3.68. The molecule has 31 heavy (non-hydrogen) atoms. The van der Waals surface area contributed by atoms with E-state index in [0.717, 1.165) is 12.0 Å². The van der Waals surface area contributed by atoms with Gasteiger partial charge in [0.25, 0.3) is 15.9 Å². The first-order chi connectivity index (χ1) is 15.0. The standard InChI is InChI=1S/C22H22N2O5S2/c1-28-18-7-3-8-19(29-2)21(18)22(25)23-16-10-11-17-15(14-16)6-4-12-24(17)31(26,27)20-9-5-13-30-20/h3,5,7-11,13-14H,4,6,12H2,1-2H3,(H,23,25). The van der Waals surface area contributed by atoms with E-state index in [-0.39, 0.29) is 5.91 Å². The van der Waals surface area contributed by atoms with Crippen molar-refractivity contribution >= 4 is 38.6 Å². The van der Waals surface area contributed by atoms with E-state index in [1.807, 2.05) is 6.07 Å². The molecule has 1 aliphatic heterocycles. The average molecular weight is 459 g/mol. The molecule has 4 rings (SSSR count). The van der Waals surface area contributed by atoms with Crippen molar-refractivity contribution in [2.45, 2.75) is 17.1 Å². The number of amides is 1. The quantitative estimate of drug-likeness (QED) is 0.600. The Morgan fingerprint density at radius 3 is 2.45 bits per heavy atom. The molecule has 0 unspecified atom stereocenters. The monoisotopic (exact) mass is 458 g/mol. The zero-order valence-electron chi connectivity index (χ0n) is 17.1. The molecule has 0 fully saturated rings. The molecule has 9 heteroatoms. The number of carbonyl (C=O) groups excluding carboxylic acids is 1. The van der Waals surface area contributed by atoms with E-state index in [1.165, 1.54) is 29.9 Å². The van der Waals surface area contributed by atoms with Crippen LogP contribution < -0.4 is 19.1 Å². The minimum Gasteiger partial charge on any atom is -0.496 e. The summed E-state index contributed by atoms with van der Waals surface area (Å²) in [6, 6.07) is 13.8. The van der Waals surface area contributed by atoms with Gasteiger partial charge in [-0.05, 0) is 60.2 Å². The first-order valence-corrected chi connectivity index (χ1v) is 12.0. The molecule has 0 saturated carbocycles. The molecule has 0 atom stereocenters. The van der Waals surface area contributed by atoms with Gasteiger partial charge in [-0.3, -0.25) is 9.10 Å². The largest absolute Gasteiger partial charge is 0.496 e. The summed E-state index contributed by atoms with van der Waals surface area (Å²) in [4.78, 5) is 12.9. The second-order valence-electron chi connectivity index (χ2n) is 6.95. The van der Waals surface area contributed by atoms with Gasteiger partial charge in [0.2, 0.25) is 0 Å². The maximum atomic E-state index is 13.0. The number of hydrogen-bond donors (Lipinski definition) is 1. The summed E-state index contributed by atoms with van der Waals surface area (Å²) >= 11 is 1.20. The van der Waals surface area contributed by atoms with Gasteiger partial charge in [0.1, 0.15) is 21.3 Å². The van der Waals surface area contributed by atoms with Gasteiger partial charge in [-0.25, -0.2) is 8.42 Å². The normalized spacial score (nSPS) is 13.4. The number of nitrogens with one attached hydrogen (secondary N) is 1. The third-order valence-corrected chi connectivity index (χ3v) is 8.29. The molecule has 1 amide bonds. The summed E-state index contributed by atoms with van der Waals surface area (Å²) in [5.74, 6) is 0.444. The molecule has 0 aliphatic carbocycles. The second-order valence-corrected chi connectivity index (χ2v) is 9.98. The van der Waals surface area contributed by atoms with Crippen molar-refractivity contribution in [1.82, 2.24) is 0 Å². The van der Waals surface area contributed by atoms with E-state index in [1.54, 1.807) is 47.8 Å². The number of methoxy groups -OCH3 is 2. The van der Waals surface area contributed by atoms with Crippen molar-refractivity contribution in [2.24, 2.45) is 0 Å². The van der Waals surface area contributed by atoms with Crippen LogP contribution in [0.4, 0.5) is 11.4 Å². The Balaban J connectivity index is 1.63. The van der Waals surface area contributed by atoms with Gasteiger partial charge in [-0.15, -0.1) is 11.3 Å². The molecular weight excluding hydrogens is 436 g/mol. The predicted octanol–water partition coefficient (Wildman–Crippen LogP) is 4.16. The number of ether oxygens (including phenoxy) is 2. The number of benzene rings is 2. The first-order valence-electron chi connectivity index (χ1n) is 9.67. The number of sulfonamides is 1. The van der Waals surface area contributed by atoms with Gasteiger partial charge in [-0.2, -0.15) is 0 Å². The minimum absolute atomic E-state index is 0.298. The first kappa shape index (κ1) is 21.2. The van der Waals surface area contributed by atoms with Crippen LogP contribution in [0, 0.1) is 0 Å². The molecule has 7 nitrogen and oxygen atoms in total. The Kier molecular flexibility index (Phi) is 5.88. The Hall–Kier alpha value is -3.04. The van der Waals surface area contributed by atoms with Crippen LogP contribution in [0.5, 0.6) is 11.5 Å². The molecule has 0 bridgehead atoms. The van der Waals surface area contributed by atoms with Crippen molar-refractivity contribution in [1.29, 1.82) is 0 Å². The Morgan fingerprint density at radius 2 is 1.81 bits per heavy atom. The van der Waals surface area contributed by atoms with Crippen LogP contribution >= 0.6 is 11.3 Å². The molecule has 2 heterocycles. The summed E-state index contributed by atoms with van der Waals surface area (Å²) in [7, 11) is -0.611. The molecule has 3 aromatic rings. The lowest BCUT2D eigenvalue weighted by Gasteiger charge is -2.30. The molecule has 0 spiro atoms. The summed E-state index contributed by atoms with van der Waals surface area (Å²) in [6.45, 7) is 0.428. The van der Waals surface area contributed by atoms with Crippen LogP contribution in [0.2, 0.25) is 0 Å². The van der Waals surface area contributed by atoms with Crippen molar-refractivity contribution < 1.29 is 22.7 Å². The average Bonchev–Trinajstić information content (AvgIpc) is 3.33. The van der Waals surface area contributed by atoms with Crippen LogP contribution in [0.1, 0.15) is 22.3 Å². The number of carbonyl (C=O) groups is 1.